The number of phenolic OH excluding ortho intramolecular Hbond substituents is 1. The van der Waals surface area contributed by atoms with Crippen LogP contribution in [0.15, 0.2) is 18.2 Å². The van der Waals surface area contributed by atoms with Crippen LogP contribution in [0.25, 0.3) is 0 Å². The monoisotopic (exact) mass is 207 g/mol. The van der Waals surface area contributed by atoms with Gasteiger partial charge in [-0.3, -0.25) is 0 Å². The SMILES string of the molecule is CCC(C)c1cc(C(N)CC)ccc1O. The smallest absolute Gasteiger partial charge is 0.119 e. The zero-order valence-corrected chi connectivity index (χ0v) is 9.83. The second-order valence-electron chi connectivity index (χ2n) is 4.14. The van der Waals surface area contributed by atoms with Gasteiger partial charge in [0.2, 0.25) is 0 Å². The van der Waals surface area contributed by atoms with E-state index in [-0.39, 0.29) is 6.04 Å². The Hall–Kier alpha value is -1.02. The number of aromatic hydroxyl groups is 1. The van der Waals surface area contributed by atoms with Gasteiger partial charge in [-0.25, -0.2) is 0 Å². The van der Waals surface area contributed by atoms with Crippen molar-refractivity contribution in [2.75, 3.05) is 0 Å². The quantitative estimate of drug-likeness (QED) is 0.795. The fourth-order valence-corrected chi connectivity index (χ4v) is 1.65. The zero-order chi connectivity index (χ0) is 11.4. The number of benzene rings is 1. The van der Waals surface area contributed by atoms with Gasteiger partial charge >= 0.3 is 0 Å². The van der Waals surface area contributed by atoms with E-state index in [0.29, 0.717) is 11.7 Å². The van der Waals surface area contributed by atoms with Gasteiger partial charge in [0.15, 0.2) is 0 Å². The number of hydrogen-bond acceptors (Lipinski definition) is 2. The van der Waals surface area contributed by atoms with Crippen molar-refractivity contribution in [1.82, 2.24) is 0 Å². The van der Waals surface area contributed by atoms with Gasteiger partial charge in [-0.1, -0.05) is 32.9 Å². The first-order chi connectivity index (χ1) is 7.10. The van der Waals surface area contributed by atoms with Crippen molar-refractivity contribution in [3.05, 3.63) is 29.3 Å². The van der Waals surface area contributed by atoms with E-state index in [1.165, 1.54) is 0 Å². The molecule has 0 bridgehead atoms. The van der Waals surface area contributed by atoms with Crippen molar-refractivity contribution in [3.8, 4) is 5.75 Å². The van der Waals surface area contributed by atoms with E-state index in [1.807, 2.05) is 12.1 Å². The molecule has 0 aliphatic rings. The largest absolute Gasteiger partial charge is 0.508 e. The van der Waals surface area contributed by atoms with E-state index in [1.54, 1.807) is 6.07 Å². The predicted octanol–water partition coefficient (Wildman–Crippen LogP) is 3.32. The molecule has 0 aromatic heterocycles. The van der Waals surface area contributed by atoms with Gasteiger partial charge in [0.1, 0.15) is 5.75 Å². The van der Waals surface area contributed by atoms with Gasteiger partial charge in [-0.05, 0) is 36.0 Å². The third kappa shape index (κ3) is 2.72. The van der Waals surface area contributed by atoms with Crippen LogP contribution in [0.4, 0.5) is 0 Å². The van der Waals surface area contributed by atoms with Gasteiger partial charge in [-0.2, -0.15) is 0 Å². The summed E-state index contributed by atoms with van der Waals surface area (Å²) in [6.45, 7) is 6.31. The van der Waals surface area contributed by atoms with E-state index in [2.05, 4.69) is 20.8 Å². The van der Waals surface area contributed by atoms with Gasteiger partial charge in [-0.15, -0.1) is 0 Å². The van der Waals surface area contributed by atoms with Crippen molar-refractivity contribution in [2.24, 2.45) is 5.73 Å². The van der Waals surface area contributed by atoms with Crippen LogP contribution in [0.2, 0.25) is 0 Å². The van der Waals surface area contributed by atoms with E-state index < -0.39 is 0 Å². The highest BCUT2D eigenvalue weighted by atomic mass is 16.3. The summed E-state index contributed by atoms with van der Waals surface area (Å²) in [7, 11) is 0. The van der Waals surface area contributed by atoms with Crippen molar-refractivity contribution in [1.29, 1.82) is 0 Å². The standard InChI is InChI=1S/C13H21NO/c1-4-9(3)11-8-10(12(14)5-2)6-7-13(11)15/h6-9,12,15H,4-5,14H2,1-3H3. The molecule has 2 unspecified atom stereocenters. The van der Waals surface area contributed by atoms with Crippen LogP contribution in [0.1, 0.15) is 56.7 Å². The minimum Gasteiger partial charge on any atom is -0.508 e. The fraction of sp³-hybridized carbons (Fsp3) is 0.538. The Morgan fingerprint density at radius 3 is 2.47 bits per heavy atom. The highest BCUT2D eigenvalue weighted by molar-refractivity contribution is 5.39. The van der Waals surface area contributed by atoms with Crippen LogP contribution in [0.3, 0.4) is 0 Å². The molecule has 84 valence electrons. The molecule has 0 amide bonds. The number of nitrogens with two attached hydrogens (primary N) is 1. The molecule has 0 saturated carbocycles. The minimum atomic E-state index is 0.0772. The molecule has 2 heteroatoms. The lowest BCUT2D eigenvalue weighted by atomic mass is 9.93. The van der Waals surface area contributed by atoms with E-state index >= 15 is 0 Å². The average Bonchev–Trinajstić information content (AvgIpc) is 2.27. The first-order valence-electron chi connectivity index (χ1n) is 5.68. The van der Waals surface area contributed by atoms with Crippen LogP contribution in [0, 0.1) is 0 Å². The summed E-state index contributed by atoms with van der Waals surface area (Å²) >= 11 is 0. The summed E-state index contributed by atoms with van der Waals surface area (Å²) in [5.74, 6) is 0.769. The topological polar surface area (TPSA) is 46.2 Å². The van der Waals surface area contributed by atoms with Crippen LogP contribution in [-0.2, 0) is 0 Å². The Kier molecular flexibility index (Phi) is 4.15. The molecular formula is C13H21NO. The highest BCUT2D eigenvalue weighted by Gasteiger charge is 2.11. The first-order valence-corrected chi connectivity index (χ1v) is 5.68. The van der Waals surface area contributed by atoms with Crippen molar-refractivity contribution in [2.45, 2.75) is 45.6 Å². The lowest BCUT2D eigenvalue weighted by Gasteiger charge is -2.15. The van der Waals surface area contributed by atoms with Crippen molar-refractivity contribution >= 4 is 0 Å². The normalized spacial score (nSPS) is 14.9. The Balaban J connectivity index is 3.05. The predicted molar refractivity (Wildman–Crippen MR) is 64.0 cm³/mol. The molecule has 1 aromatic carbocycles. The molecule has 1 rings (SSSR count). The molecule has 0 spiro atoms. The zero-order valence-electron chi connectivity index (χ0n) is 9.83. The maximum atomic E-state index is 9.75. The van der Waals surface area contributed by atoms with Crippen LogP contribution in [-0.4, -0.2) is 5.11 Å². The van der Waals surface area contributed by atoms with Crippen LogP contribution < -0.4 is 5.73 Å². The van der Waals surface area contributed by atoms with Crippen molar-refractivity contribution in [3.63, 3.8) is 0 Å². The second kappa shape index (κ2) is 5.17. The molecule has 1 aromatic rings. The minimum absolute atomic E-state index is 0.0772. The summed E-state index contributed by atoms with van der Waals surface area (Å²) < 4.78 is 0. The molecule has 0 heterocycles. The molecule has 0 radical (unpaired) electrons. The third-order valence-electron chi connectivity index (χ3n) is 3.06. The number of rotatable bonds is 4. The van der Waals surface area contributed by atoms with Gasteiger partial charge in [0.05, 0.1) is 0 Å². The summed E-state index contributed by atoms with van der Waals surface area (Å²) in [5.41, 5.74) is 8.10. The molecule has 0 aliphatic carbocycles. The Morgan fingerprint density at radius 1 is 1.27 bits per heavy atom. The Bertz CT molecular complexity index is 322. The fourth-order valence-electron chi connectivity index (χ4n) is 1.65. The molecular weight excluding hydrogens is 186 g/mol. The number of phenols is 1. The highest BCUT2D eigenvalue weighted by Crippen LogP contribution is 2.30. The molecule has 0 aliphatic heterocycles. The molecule has 0 fully saturated rings. The summed E-state index contributed by atoms with van der Waals surface area (Å²) in [6, 6.07) is 5.78. The van der Waals surface area contributed by atoms with E-state index in [0.717, 1.165) is 24.0 Å². The summed E-state index contributed by atoms with van der Waals surface area (Å²) in [4.78, 5) is 0. The van der Waals surface area contributed by atoms with Crippen molar-refractivity contribution < 1.29 is 5.11 Å². The average molecular weight is 207 g/mol. The lowest BCUT2D eigenvalue weighted by molar-refractivity contribution is 0.461. The molecule has 2 atom stereocenters. The lowest BCUT2D eigenvalue weighted by Crippen LogP contribution is -2.09. The third-order valence-corrected chi connectivity index (χ3v) is 3.06. The molecule has 3 N–H and O–H groups in total. The summed E-state index contributed by atoms with van der Waals surface area (Å²) in [6.07, 6.45) is 1.95. The van der Waals surface area contributed by atoms with Gasteiger partial charge in [0.25, 0.3) is 0 Å². The Labute approximate surface area is 92.1 Å². The Morgan fingerprint density at radius 2 is 1.93 bits per heavy atom. The van der Waals surface area contributed by atoms with E-state index in [9.17, 15) is 5.11 Å². The van der Waals surface area contributed by atoms with Gasteiger partial charge < -0.3 is 10.8 Å². The second-order valence-corrected chi connectivity index (χ2v) is 4.14. The van der Waals surface area contributed by atoms with Crippen LogP contribution in [0.5, 0.6) is 5.75 Å². The maximum Gasteiger partial charge on any atom is 0.119 e. The first kappa shape index (κ1) is 12.1. The molecule has 2 nitrogen and oxygen atoms in total. The van der Waals surface area contributed by atoms with Gasteiger partial charge in [0, 0.05) is 6.04 Å². The van der Waals surface area contributed by atoms with E-state index in [4.69, 9.17) is 5.73 Å². The summed E-state index contributed by atoms with van der Waals surface area (Å²) in [5, 5.41) is 9.75. The number of hydrogen-bond donors (Lipinski definition) is 2. The maximum absolute atomic E-state index is 9.75. The van der Waals surface area contributed by atoms with Crippen LogP contribution >= 0.6 is 0 Å². The molecule has 0 saturated heterocycles. The molecule has 15 heavy (non-hydrogen) atoms.